The lowest BCUT2D eigenvalue weighted by Gasteiger charge is -2.27. The summed E-state index contributed by atoms with van der Waals surface area (Å²) < 4.78 is 0. The van der Waals surface area contributed by atoms with Gasteiger partial charge in [-0.3, -0.25) is 0 Å². The number of hydrogen-bond acceptors (Lipinski definition) is 3. The summed E-state index contributed by atoms with van der Waals surface area (Å²) >= 11 is 0. The molecule has 22 heavy (non-hydrogen) atoms. The lowest BCUT2D eigenvalue weighted by Crippen LogP contribution is -2.30. The van der Waals surface area contributed by atoms with Gasteiger partial charge >= 0.3 is 0 Å². The van der Waals surface area contributed by atoms with Crippen LogP contribution in [0.25, 0.3) is 22.3 Å². The molecular formula is C17H19ClN4. The molecule has 1 aliphatic heterocycles. The Morgan fingerprint density at radius 3 is 2.50 bits per heavy atom. The Labute approximate surface area is 136 Å². The molecule has 4 rings (SSSR count). The fourth-order valence-corrected chi connectivity index (χ4v) is 3.04. The quantitative estimate of drug-likeness (QED) is 0.776. The van der Waals surface area contributed by atoms with Gasteiger partial charge in [0.25, 0.3) is 0 Å². The standard InChI is InChI=1S/C17H18N4.ClH/c1-3-7-13(8-4-1)14-11-15-16(20-14)17(19-12-18-15)21-9-5-2-6-10-21;/h1,3-4,7-8,11-12,20H,2,5-6,9-10H2;1H. The van der Waals surface area contributed by atoms with Crippen molar-refractivity contribution in [1.82, 2.24) is 15.0 Å². The van der Waals surface area contributed by atoms with Crippen LogP contribution >= 0.6 is 12.4 Å². The van der Waals surface area contributed by atoms with Crippen LogP contribution in [-0.2, 0) is 0 Å². The molecule has 1 saturated heterocycles. The minimum absolute atomic E-state index is 0. The van der Waals surface area contributed by atoms with Crippen molar-refractivity contribution in [3.8, 4) is 11.3 Å². The van der Waals surface area contributed by atoms with Crippen molar-refractivity contribution in [3.63, 3.8) is 0 Å². The Kier molecular flexibility index (Phi) is 4.29. The average Bonchev–Trinajstić information content (AvgIpc) is 3.00. The van der Waals surface area contributed by atoms with E-state index in [0.29, 0.717) is 0 Å². The molecule has 0 saturated carbocycles. The number of piperidine rings is 1. The van der Waals surface area contributed by atoms with E-state index in [0.717, 1.165) is 35.6 Å². The van der Waals surface area contributed by atoms with Crippen molar-refractivity contribution in [3.05, 3.63) is 42.7 Å². The Balaban J connectivity index is 0.00000144. The summed E-state index contributed by atoms with van der Waals surface area (Å²) in [5.74, 6) is 1.04. The number of nitrogens with one attached hydrogen (secondary N) is 1. The van der Waals surface area contributed by atoms with Gasteiger partial charge in [0.05, 0.1) is 5.52 Å². The van der Waals surface area contributed by atoms with Gasteiger partial charge in [0.2, 0.25) is 0 Å². The Bertz CT molecular complexity index is 748. The lowest BCUT2D eigenvalue weighted by atomic mass is 10.1. The molecule has 5 heteroatoms. The summed E-state index contributed by atoms with van der Waals surface area (Å²) in [6.45, 7) is 2.18. The third kappa shape index (κ3) is 2.66. The van der Waals surface area contributed by atoms with Crippen LogP contribution in [0.4, 0.5) is 5.82 Å². The maximum atomic E-state index is 4.52. The summed E-state index contributed by atoms with van der Waals surface area (Å²) in [6.07, 6.45) is 5.50. The first kappa shape index (κ1) is 14.9. The van der Waals surface area contributed by atoms with Gasteiger partial charge in [0.15, 0.2) is 5.82 Å². The van der Waals surface area contributed by atoms with Gasteiger partial charge in [-0.25, -0.2) is 9.97 Å². The number of aromatic nitrogens is 3. The fraction of sp³-hybridized carbons (Fsp3) is 0.294. The molecule has 0 aliphatic carbocycles. The lowest BCUT2D eigenvalue weighted by molar-refractivity contribution is 0.574. The second-order valence-electron chi connectivity index (χ2n) is 5.55. The van der Waals surface area contributed by atoms with E-state index in [-0.39, 0.29) is 12.4 Å². The summed E-state index contributed by atoms with van der Waals surface area (Å²) in [7, 11) is 0. The van der Waals surface area contributed by atoms with Gasteiger partial charge in [-0.05, 0) is 30.9 Å². The monoisotopic (exact) mass is 314 g/mol. The van der Waals surface area contributed by atoms with Crippen molar-refractivity contribution in [1.29, 1.82) is 0 Å². The van der Waals surface area contributed by atoms with E-state index in [4.69, 9.17) is 0 Å². The molecule has 0 amide bonds. The van der Waals surface area contributed by atoms with Crippen LogP contribution < -0.4 is 4.90 Å². The molecule has 3 heterocycles. The summed E-state index contributed by atoms with van der Waals surface area (Å²) in [5, 5.41) is 0. The van der Waals surface area contributed by atoms with E-state index in [1.54, 1.807) is 6.33 Å². The smallest absolute Gasteiger partial charge is 0.156 e. The van der Waals surface area contributed by atoms with Gasteiger partial charge in [-0.2, -0.15) is 0 Å². The minimum Gasteiger partial charge on any atom is -0.355 e. The van der Waals surface area contributed by atoms with Gasteiger partial charge in [0, 0.05) is 18.8 Å². The molecule has 0 radical (unpaired) electrons. The number of benzene rings is 1. The molecule has 2 aromatic heterocycles. The Morgan fingerprint density at radius 1 is 0.955 bits per heavy atom. The molecule has 0 bridgehead atoms. The first-order chi connectivity index (χ1) is 10.4. The van der Waals surface area contributed by atoms with Crippen LogP contribution in [0.3, 0.4) is 0 Å². The molecule has 114 valence electrons. The first-order valence-corrected chi connectivity index (χ1v) is 7.56. The fourth-order valence-electron chi connectivity index (χ4n) is 3.04. The normalized spacial score (nSPS) is 14.8. The zero-order valence-corrected chi connectivity index (χ0v) is 13.1. The van der Waals surface area contributed by atoms with Crippen LogP contribution in [0.15, 0.2) is 42.7 Å². The highest BCUT2D eigenvalue weighted by Crippen LogP contribution is 2.29. The maximum Gasteiger partial charge on any atom is 0.156 e. The number of anilines is 1. The van der Waals surface area contributed by atoms with E-state index in [9.17, 15) is 0 Å². The summed E-state index contributed by atoms with van der Waals surface area (Å²) in [4.78, 5) is 14.8. The van der Waals surface area contributed by atoms with Crippen LogP contribution in [0.1, 0.15) is 19.3 Å². The van der Waals surface area contributed by atoms with Crippen molar-refractivity contribution >= 4 is 29.3 Å². The van der Waals surface area contributed by atoms with E-state index in [1.165, 1.54) is 24.8 Å². The predicted octanol–water partition coefficient (Wildman–Crippen LogP) is 4.04. The third-order valence-corrected chi connectivity index (χ3v) is 4.14. The molecule has 3 aromatic rings. The van der Waals surface area contributed by atoms with E-state index in [2.05, 4.69) is 50.2 Å². The largest absolute Gasteiger partial charge is 0.355 e. The summed E-state index contributed by atoms with van der Waals surface area (Å²) in [6, 6.07) is 12.5. The van der Waals surface area contributed by atoms with Gasteiger partial charge in [0.1, 0.15) is 11.8 Å². The van der Waals surface area contributed by atoms with E-state index >= 15 is 0 Å². The third-order valence-electron chi connectivity index (χ3n) is 4.14. The number of rotatable bonds is 2. The van der Waals surface area contributed by atoms with Gasteiger partial charge in [-0.15, -0.1) is 12.4 Å². The number of hydrogen-bond donors (Lipinski definition) is 1. The van der Waals surface area contributed by atoms with Crippen LogP contribution in [-0.4, -0.2) is 28.0 Å². The van der Waals surface area contributed by atoms with Crippen molar-refractivity contribution in [2.24, 2.45) is 0 Å². The van der Waals surface area contributed by atoms with Crippen LogP contribution in [0.5, 0.6) is 0 Å². The minimum atomic E-state index is 0. The first-order valence-electron chi connectivity index (χ1n) is 7.56. The molecule has 1 aromatic carbocycles. The molecule has 0 spiro atoms. The van der Waals surface area contributed by atoms with Crippen molar-refractivity contribution < 1.29 is 0 Å². The molecular weight excluding hydrogens is 296 g/mol. The topological polar surface area (TPSA) is 44.8 Å². The zero-order chi connectivity index (χ0) is 14.1. The second-order valence-corrected chi connectivity index (χ2v) is 5.55. The second kappa shape index (κ2) is 6.36. The predicted molar refractivity (Wildman–Crippen MR) is 92.6 cm³/mol. The SMILES string of the molecule is Cl.c1ccc(-c2cc3ncnc(N4CCCCC4)c3[nH]2)cc1. The van der Waals surface area contributed by atoms with Gasteiger partial charge in [-0.1, -0.05) is 30.3 Å². The van der Waals surface area contributed by atoms with Crippen molar-refractivity contribution in [2.75, 3.05) is 18.0 Å². The molecule has 0 unspecified atom stereocenters. The molecule has 1 aliphatic rings. The highest BCUT2D eigenvalue weighted by Gasteiger charge is 2.17. The van der Waals surface area contributed by atoms with E-state index in [1.807, 2.05) is 6.07 Å². The number of fused-ring (bicyclic) bond motifs is 1. The number of aromatic amines is 1. The van der Waals surface area contributed by atoms with Crippen LogP contribution in [0.2, 0.25) is 0 Å². The number of H-pyrrole nitrogens is 1. The zero-order valence-electron chi connectivity index (χ0n) is 12.3. The molecule has 4 nitrogen and oxygen atoms in total. The van der Waals surface area contributed by atoms with Crippen molar-refractivity contribution in [2.45, 2.75) is 19.3 Å². The number of halogens is 1. The highest BCUT2D eigenvalue weighted by atomic mass is 35.5. The number of nitrogens with zero attached hydrogens (tertiary/aromatic N) is 3. The van der Waals surface area contributed by atoms with Crippen LogP contribution in [0, 0.1) is 0 Å². The Morgan fingerprint density at radius 2 is 1.73 bits per heavy atom. The molecule has 0 atom stereocenters. The molecule has 1 fully saturated rings. The van der Waals surface area contributed by atoms with Gasteiger partial charge < -0.3 is 9.88 Å². The maximum absolute atomic E-state index is 4.52. The highest BCUT2D eigenvalue weighted by molar-refractivity contribution is 5.90. The Hall–Kier alpha value is -2.07. The summed E-state index contributed by atoms with van der Waals surface area (Å²) in [5.41, 5.74) is 4.33. The van der Waals surface area contributed by atoms with E-state index < -0.39 is 0 Å². The average molecular weight is 315 g/mol. The molecule has 1 N–H and O–H groups in total.